The zero-order valence-electron chi connectivity index (χ0n) is 7.62. The Bertz CT molecular complexity index is 215. The highest BCUT2D eigenvalue weighted by Gasteiger charge is 2.28. The summed E-state index contributed by atoms with van der Waals surface area (Å²) in [7, 11) is 0. The van der Waals surface area contributed by atoms with Crippen LogP contribution in [-0.2, 0) is 4.79 Å². The van der Waals surface area contributed by atoms with Gasteiger partial charge < -0.3 is 0 Å². The van der Waals surface area contributed by atoms with E-state index in [0.717, 1.165) is 25.7 Å². The summed E-state index contributed by atoms with van der Waals surface area (Å²) in [6, 6.07) is 2.03. The van der Waals surface area contributed by atoms with Gasteiger partial charge in [0, 0.05) is 0 Å². The van der Waals surface area contributed by atoms with Crippen LogP contribution in [0, 0.1) is 23.2 Å². The molecule has 0 spiro atoms. The lowest BCUT2D eigenvalue weighted by molar-refractivity contribution is -0.125. The Morgan fingerprint density at radius 3 is 2.54 bits per heavy atom. The number of nitrogens with two attached hydrogens (primary N) is 1. The minimum Gasteiger partial charge on any atom is -0.293 e. The Morgan fingerprint density at radius 1 is 1.46 bits per heavy atom. The number of carbonyl (C=O) groups excluding carboxylic acids is 1. The monoisotopic (exact) mass is 181 g/mol. The van der Waals surface area contributed by atoms with Crippen LogP contribution >= 0.6 is 0 Å². The van der Waals surface area contributed by atoms with Crippen molar-refractivity contribution >= 4 is 5.91 Å². The summed E-state index contributed by atoms with van der Waals surface area (Å²) in [5, 5.41) is 8.81. The maximum absolute atomic E-state index is 11.2. The Balaban J connectivity index is 2.55. The van der Waals surface area contributed by atoms with Crippen LogP contribution in [0.4, 0.5) is 0 Å². The van der Waals surface area contributed by atoms with Crippen molar-refractivity contribution in [2.75, 3.05) is 0 Å². The number of hydrogen-bond acceptors (Lipinski definition) is 3. The highest BCUT2D eigenvalue weighted by Crippen LogP contribution is 2.29. The highest BCUT2D eigenvalue weighted by atomic mass is 16.2. The zero-order chi connectivity index (χ0) is 9.68. The Kier molecular flexibility index (Phi) is 3.71. The molecular weight excluding hydrogens is 166 g/mol. The van der Waals surface area contributed by atoms with E-state index in [9.17, 15) is 4.79 Å². The number of hydrogen-bond donors (Lipinski definition) is 2. The van der Waals surface area contributed by atoms with Gasteiger partial charge in [-0.1, -0.05) is 19.3 Å². The standard InChI is InChI=1S/C9H15N3O/c10-6-8(9(13)12-11)7-4-2-1-3-5-7/h7-8H,1-5,11H2,(H,12,13)/t8-/m1/s1. The van der Waals surface area contributed by atoms with Gasteiger partial charge in [0.1, 0.15) is 5.92 Å². The van der Waals surface area contributed by atoms with Crippen molar-refractivity contribution in [3.63, 3.8) is 0 Å². The average molecular weight is 181 g/mol. The van der Waals surface area contributed by atoms with Crippen molar-refractivity contribution in [2.24, 2.45) is 17.7 Å². The van der Waals surface area contributed by atoms with Gasteiger partial charge in [0.2, 0.25) is 0 Å². The molecule has 1 atom stereocenters. The molecule has 1 aliphatic carbocycles. The molecule has 13 heavy (non-hydrogen) atoms. The summed E-state index contributed by atoms with van der Waals surface area (Å²) < 4.78 is 0. The Hall–Kier alpha value is -1.08. The van der Waals surface area contributed by atoms with E-state index >= 15 is 0 Å². The summed E-state index contributed by atoms with van der Waals surface area (Å²) in [6.45, 7) is 0. The molecule has 4 nitrogen and oxygen atoms in total. The van der Waals surface area contributed by atoms with Crippen LogP contribution in [0.15, 0.2) is 0 Å². The van der Waals surface area contributed by atoms with E-state index in [1.54, 1.807) is 0 Å². The van der Waals surface area contributed by atoms with Gasteiger partial charge in [0.15, 0.2) is 0 Å². The first-order chi connectivity index (χ1) is 6.29. The molecule has 0 aromatic heterocycles. The quantitative estimate of drug-likeness (QED) is 0.374. The molecule has 3 N–H and O–H groups in total. The van der Waals surface area contributed by atoms with Crippen LogP contribution in [0.3, 0.4) is 0 Å². The van der Waals surface area contributed by atoms with Gasteiger partial charge in [-0.2, -0.15) is 5.26 Å². The molecule has 0 unspecified atom stereocenters. The molecule has 0 radical (unpaired) electrons. The second-order valence-corrected chi connectivity index (χ2v) is 3.51. The average Bonchev–Trinajstić information content (AvgIpc) is 2.20. The highest BCUT2D eigenvalue weighted by molar-refractivity contribution is 5.80. The summed E-state index contributed by atoms with van der Waals surface area (Å²) in [5.41, 5.74) is 2.05. The van der Waals surface area contributed by atoms with Gasteiger partial charge in [-0.15, -0.1) is 0 Å². The van der Waals surface area contributed by atoms with Crippen molar-refractivity contribution in [1.29, 1.82) is 5.26 Å². The Morgan fingerprint density at radius 2 is 2.08 bits per heavy atom. The van der Waals surface area contributed by atoms with Crippen LogP contribution in [0.2, 0.25) is 0 Å². The van der Waals surface area contributed by atoms with E-state index in [2.05, 4.69) is 5.43 Å². The molecule has 1 saturated carbocycles. The van der Waals surface area contributed by atoms with Crippen molar-refractivity contribution in [3.8, 4) is 6.07 Å². The number of rotatable bonds is 2. The lowest BCUT2D eigenvalue weighted by Gasteiger charge is -2.24. The van der Waals surface area contributed by atoms with Crippen LogP contribution in [0.1, 0.15) is 32.1 Å². The van der Waals surface area contributed by atoms with Gasteiger partial charge >= 0.3 is 0 Å². The predicted octanol–water partition coefficient (Wildman–Crippen LogP) is 0.696. The van der Waals surface area contributed by atoms with Gasteiger partial charge in [-0.05, 0) is 18.8 Å². The number of hydrazine groups is 1. The van der Waals surface area contributed by atoms with E-state index in [-0.39, 0.29) is 11.8 Å². The van der Waals surface area contributed by atoms with Crippen molar-refractivity contribution < 1.29 is 4.79 Å². The molecule has 0 aromatic rings. The first-order valence-electron chi connectivity index (χ1n) is 4.69. The van der Waals surface area contributed by atoms with Gasteiger partial charge in [0.05, 0.1) is 6.07 Å². The zero-order valence-corrected chi connectivity index (χ0v) is 7.62. The first kappa shape index (κ1) is 10.0. The van der Waals surface area contributed by atoms with Crippen molar-refractivity contribution in [2.45, 2.75) is 32.1 Å². The number of nitrogens with zero attached hydrogens (tertiary/aromatic N) is 1. The summed E-state index contributed by atoms with van der Waals surface area (Å²) in [6.07, 6.45) is 5.43. The molecule has 1 amide bonds. The number of amides is 1. The van der Waals surface area contributed by atoms with E-state index in [1.807, 2.05) is 6.07 Å². The SMILES string of the molecule is N#C[C@@H](C(=O)NN)C1CCCCC1. The molecule has 0 aromatic carbocycles. The predicted molar refractivity (Wildman–Crippen MR) is 48.0 cm³/mol. The minimum atomic E-state index is -0.551. The van der Waals surface area contributed by atoms with Crippen LogP contribution in [-0.4, -0.2) is 5.91 Å². The largest absolute Gasteiger partial charge is 0.293 e. The summed E-state index contributed by atoms with van der Waals surface area (Å²) in [5.74, 6) is 4.33. The van der Waals surface area contributed by atoms with E-state index in [4.69, 9.17) is 11.1 Å². The Labute approximate surface area is 78.1 Å². The smallest absolute Gasteiger partial charge is 0.251 e. The number of nitriles is 1. The van der Waals surface area contributed by atoms with E-state index in [0.29, 0.717) is 0 Å². The fourth-order valence-corrected chi connectivity index (χ4v) is 1.94. The van der Waals surface area contributed by atoms with E-state index < -0.39 is 5.92 Å². The van der Waals surface area contributed by atoms with Gasteiger partial charge in [0.25, 0.3) is 5.91 Å². The third-order valence-electron chi connectivity index (χ3n) is 2.69. The maximum Gasteiger partial charge on any atom is 0.251 e. The molecule has 1 fully saturated rings. The lowest BCUT2D eigenvalue weighted by Crippen LogP contribution is -2.39. The molecule has 0 saturated heterocycles. The fraction of sp³-hybridized carbons (Fsp3) is 0.778. The normalized spacial score (nSPS) is 20.3. The molecule has 1 aliphatic rings. The van der Waals surface area contributed by atoms with Gasteiger partial charge in [-0.3, -0.25) is 10.2 Å². The number of carbonyl (C=O) groups is 1. The molecule has 1 rings (SSSR count). The molecular formula is C9H15N3O. The summed E-state index contributed by atoms with van der Waals surface area (Å²) in [4.78, 5) is 11.2. The van der Waals surface area contributed by atoms with Crippen LogP contribution < -0.4 is 11.3 Å². The third kappa shape index (κ3) is 2.43. The van der Waals surface area contributed by atoms with Crippen LogP contribution in [0.25, 0.3) is 0 Å². The summed E-state index contributed by atoms with van der Waals surface area (Å²) >= 11 is 0. The van der Waals surface area contributed by atoms with Gasteiger partial charge in [-0.25, -0.2) is 5.84 Å². The second-order valence-electron chi connectivity index (χ2n) is 3.51. The first-order valence-corrected chi connectivity index (χ1v) is 4.69. The molecule has 0 heterocycles. The second kappa shape index (κ2) is 4.83. The molecule has 0 aliphatic heterocycles. The van der Waals surface area contributed by atoms with Crippen molar-refractivity contribution in [3.05, 3.63) is 0 Å². The van der Waals surface area contributed by atoms with E-state index in [1.165, 1.54) is 6.42 Å². The van der Waals surface area contributed by atoms with Crippen LogP contribution in [0.5, 0.6) is 0 Å². The fourth-order valence-electron chi connectivity index (χ4n) is 1.94. The lowest BCUT2D eigenvalue weighted by atomic mass is 9.80. The maximum atomic E-state index is 11.2. The topological polar surface area (TPSA) is 78.9 Å². The third-order valence-corrected chi connectivity index (χ3v) is 2.69. The number of nitrogens with one attached hydrogen (secondary N) is 1. The molecule has 0 bridgehead atoms. The molecule has 4 heteroatoms. The minimum absolute atomic E-state index is 0.210. The molecule has 72 valence electrons. The van der Waals surface area contributed by atoms with Crippen molar-refractivity contribution in [1.82, 2.24) is 5.43 Å².